The third-order valence-electron chi connectivity index (χ3n) is 5.38. The van der Waals surface area contributed by atoms with Crippen LogP contribution in [-0.4, -0.2) is 27.7 Å². The van der Waals surface area contributed by atoms with E-state index in [1.165, 1.54) is 34.9 Å². The maximum Gasteiger partial charge on any atom is 0.313 e. The molecule has 1 aromatic heterocycles. The van der Waals surface area contributed by atoms with Crippen molar-refractivity contribution in [3.8, 4) is 5.75 Å². The molecule has 1 N–H and O–H groups in total. The minimum Gasteiger partial charge on any atom is -0.505 e. The van der Waals surface area contributed by atoms with Gasteiger partial charge in [-0.25, -0.2) is 4.39 Å². The summed E-state index contributed by atoms with van der Waals surface area (Å²) in [4.78, 5) is 26.0. The third kappa shape index (κ3) is 4.14. The van der Waals surface area contributed by atoms with E-state index in [1.54, 1.807) is 20.8 Å². The van der Waals surface area contributed by atoms with E-state index in [0.29, 0.717) is 17.1 Å². The lowest BCUT2D eigenvalue weighted by Gasteiger charge is -2.16. The number of carbonyl (C=O) groups excluding carboxylic acids is 2. The van der Waals surface area contributed by atoms with Gasteiger partial charge in [-0.05, 0) is 63.1 Å². The minimum absolute atomic E-state index is 0.000452. The molecule has 0 saturated heterocycles. The molecule has 31 heavy (non-hydrogen) atoms. The van der Waals surface area contributed by atoms with Crippen molar-refractivity contribution in [2.24, 2.45) is 0 Å². The average molecular weight is 466 g/mol. The number of hydrogen-bond acceptors (Lipinski definition) is 4. The number of halogens is 3. The Hall–Kier alpha value is -2.57. The minimum atomic E-state index is -0.903. The number of rotatable bonds is 5. The van der Waals surface area contributed by atoms with Gasteiger partial charge in [-0.15, -0.1) is 0 Å². The lowest BCUT2D eigenvalue weighted by Crippen LogP contribution is -2.20. The number of fused-ring (bicyclic) bond motifs is 1. The molecule has 0 saturated carbocycles. The molecule has 0 aliphatic heterocycles. The van der Waals surface area contributed by atoms with Gasteiger partial charge >= 0.3 is 5.97 Å². The van der Waals surface area contributed by atoms with Crippen molar-refractivity contribution in [3.05, 3.63) is 63.0 Å². The fraction of sp³-hybridized carbons (Fsp3) is 0.304. The van der Waals surface area contributed by atoms with Crippen LogP contribution in [0.25, 0.3) is 10.9 Å². The molecule has 0 radical (unpaired) electrons. The van der Waals surface area contributed by atoms with Gasteiger partial charge < -0.3 is 9.84 Å². The van der Waals surface area contributed by atoms with Crippen LogP contribution in [0.2, 0.25) is 10.0 Å². The van der Waals surface area contributed by atoms with Crippen LogP contribution in [-0.2, 0) is 9.53 Å². The first kappa shape index (κ1) is 23.1. The zero-order valence-electron chi connectivity index (χ0n) is 17.5. The molecule has 2 atom stereocenters. The van der Waals surface area contributed by atoms with Crippen LogP contribution in [0.3, 0.4) is 0 Å². The van der Waals surface area contributed by atoms with Crippen LogP contribution in [0.5, 0.6) is 5.75 Å². The molecular weight excluding hydrogens is 444 g/mol. The second-order valence-corrected chi connectivity index (χ2v) is 8.25. The van der Waals surface area contributed by atoms with E-state index < -0.39 is 29.4 Å². The molecule has 8 heteroatoms. The molecule has 0 spiro atoms. The average Bonchev–Trinajstić information content (AvgIpc) is 3.03. The Labute approximate surface area is 189 Å². The van der Waals surface area contributed by atoms with Crippen molar-refractivity contribution in [1.29, 1.82) is 0 Å². The number of ether oxygens (including phenoxy) is 1. The SMILES string of the molecule is CCC(C)OC(=O)C(C)c1c(C)n(C(=O)c2ccc(Cl)c(Cl)c2)c2ccc(O)c(F)c12. The van der Waals surface area contributed by atoms with Crippen LogP contribution in [0.1, 0.15) is 54.7 Å². The first-order valence-electron chi connectivity index (χ1n) is 9.81. The lowest BCUT2D eigenvalue weighted by atomic mass is 9.97. The molecule has 0 bridgehead atoms. The van der Waals surface area contributed by atoms with Crippen LogP contribution in [0.4, 0.5) is 4.39 Å². The Bertz CT molecular complexity index is 1190. The molecule has 0 fully saturated rings. The predicted octanol–water partition coefficient (Wildman–Crippen LogP) is 6.23. The fourth-order valence-electron chi connectivity index (χ4n) is 3.53. The lowest BCUT2D eigenvalue weighted by molar-refractivity contribution is -0.149. The van der Waals surface area contributed by atoms with Crippen molar-refractivity contribution < 1.29 is 23.8 Å². The van der Waals surface area contributed by atoms with E-state index in [0.717, 1.165) is 0 Å². The summed E-state index contributed by atoms with van der Waals surface area (Å²) < 4.78 is 21.8. The Morgan fingerprint density at radius 1 is 1.16 bits per heavy atom. The highest BCUT2D eigenvalue weighted by molar-refractivity contribution is 6.42. The van der Waals surface area contributed by atoms with Crippen LogP contribution in [0, 0.1) is 12.7 Å². The van der Waals surface area contributed by atoms with Gasteiger partial charge in [0.15, 0.2) is 11.6 Å². The van der Waals surface area contributed by atoms with Gasteiger partial charge in [-0.1, -0.05) is 30.1 Å². The summed E-state index contributed by atoms with van der Waals surface area (Å²) in [7, 11) is 0. The van der Waals surface area contributed by atoms with Crippen molar-refractivity contribution >= 4 is 46.0 Å². The molecule has 0 amide bonds. The molecule has 2 aromatic carbocycles. The summed E-state index contributed by atoms with van der Waals surface area (Å²) in [5.41, 5.74) is 1.11. The summed E-state index contributed by atoms with van der Waals surface area (Å²) in [5.74, 6) is -3.35. The maximum atomic E-state index is 15.0. The van der Waals surface area contributed by atoms with Crippen LogP contribution >= 0.6 is 23.2 Å². The number of aromatic hydroxyl groups is 1. The first-order valence-corrected chi connectivity index (χ1v) is 10.6. The summed E-state index contributed by atoms with van der Waals surface area (Å²) in [5, 5.41) is 10.5. The summed E-state index contributed by atoms with van der Waals surface area (Å²) >= 11 is 12.0. The van der Waals surface area contributed by atoms with Gasteiger partial charge in [0, 0.05) is 16.6 Å². The van der Waals surface area contributed by atoms with Gasteiger partial charge in [0.2, 0.25) is 0 Å². The van der Waals surface area contributed by atoms with E-state index in [1.807, 2.05) is 6.92 Å². The number of phenols is 1. The molecule has 2 unspecified atom stereocenters. The van der Waals surface area contributed by atoms with Crippen LogP contribution in [0.15, 0.2) is 30.3 Å². The second kappa shape index (κ2) is 8.89. The van der Waals surface area contributed by atoms with Gasteiger partial charge in [0.05, 0.1) is 27.6 Å². The van der Waals surface area contributed by atoms with E-state index >= 15 is 4.39 Å². The molecule has 3 rings (SSSR count). The summed E-state index contributed by atoms with van der Waals surface area (Å²) in [6.07, 6.45) is 0.323. The third-order valence-corrected chi connectivity index (χ3v) is 6.12. The number of esters is 1. The number of phenolic OH excluding ortho intramolecular Hbond substituents is 1. The zero-order valence-corrected chi connectivity index (χ0v) is 19.0. The van der Waals surface area contributed by atoms with Gasteiger partial charge in [-0.3, -0.25) is 14.2 Å². The summed E-state index contributed by atoms with van der Waals surface area (Å²) in [6.45, 7) is 6.85. The van der Waals surface area contributed by atoms with Crippen molar-refractivity contribution in [3.63, 3.8) is 0 Å². The highest BCUT2D eigenvalue weighted by Gasteiger charge is 2.30. The molecule has 0 aliphatic carbocycles. The Morgan fingerprint density at radius 2 is 1.84 bits per heavy atom. The summed E-state index contributed by atoms with van der Waals surface area (Å²) in [6, 6.07) is 7.04. The molecule has 0 aliphatic rings. The molecule has 3 aromatic rings. The topological polar surface area (TPSA) is 68.5 Å². The number of nitrogens with zero attached hydrogens (tertiary/aromatic N) is 1. The van der Waals surface area contributed by atoms with Gasteiger partial charge in [0.1, 0.15) is 0 Å². The maximum absolute atomic E-state index is 15.0. The van der Waals surface area contributed by atoms with Crippen LogP contribution < -0.4 is 0 Å². The highest BCUT2D eigenvalue weighted by Crippen LogP contribution is 2.38. The second-order valence-electron chi connectivity index (χ2n) is 7.44. The van der Waals surface area contributed by atoms with Crippen molar-refractivity contribution in [1.82, 2.24) is 4.57 Å². The van der Waals surface area contributed by atoms with E-state index in [-0.39, 0.29) is 33.2 Å². The molecule has 5 nitrogen and oxygen atoms in total. The molecule has 1 heterocycles. The molecular formula is C23H22Cl2FNO4. The Morgan fingerprint density at radius 3 is 2.45 bits per heavy atom. The Kier molecular flexibility index (Phi) is 6.62. The quantitative estimate of drug-likeness (QED) is 0.453. The van der Waals surface area contributed by atoms with E-state index in [4.69, 9.17) is 27.9 Å². The fourth-order valence-corrected chi connectivity index (χ4v) is 3.83. The van der Waals surface area contributed by atoms with Crippen molar-refractivity contribution in [2.45, 2.75) is 46.1 Å². The first-order chi connectivity index (χ1) is 14.6. The smallest absolute Gasteiger partial charge is 0.313 e. The van der Waals surface area contributed by atoms with E-state index in [9.17, 15) is 14.7 Å². The molecule has 164 valence electrons. The number of benzene rings is 2. The number of hydrogen-bond donors (Lipinski definition) is 1. The monoisotopic (exact) mass is 465 g/mol. The zero-order chi connectivity index (χ0) is 23.0. The van der Waals surface area contributed by atoms with Gasteiger partial charge in [0.25, 0.3) is 5.91 Å². The predicted molar refractivity (Wildman–Crippen MR) is 119 cm³/mol. The number of aromatic nitrogens is 1. The van der Waals surface area contributed by atoms with Gasteiger partial charge in [-0.2, -0.15) is 0 Å². The van der Waals surface area contributed by atoms with Crippen molar-refractivity contribution in [2.75, 3.05) is 0 Å². The normalized spacial score (nSPS) is 13.3. The number of carbonyl (C=O) groups is 2. The van der Waals surface area contributed by atoms with E-state index in [2.05, 4.69) is 0 Å². The largest absolute Gasteiger partial charge is 0.505 e. The standard InChI is InChI=1S/C23H22Cl2FNO4/c1-5-11(2)31-23(30)12(3)19-13(4)27(17-8-9-18(28)21(26)20(17)19)22(29)14-6-7-15(24)16(25)10-14/h6-12,28H,5H2,1-4H3. The highest BCUT2D eigenvalue weighted by atomic mass is 35.5. The Balaban J connectivity index is 2.23.